The fourth-order valence-corrected chi connectivity index (χ4v) is 2.84. The molecule has 0 spiro atoms. The van der Waals surface area contributed by atoms with Gasteiger partial charge in [-0.25, -0.2) is 4.98 Å². The molecule has 0 aliphatic heterocycles. The van der Waals surface area contributed by atoms with Crippen LogP contribution >= 0.6 is 11.6 Å². The van der Waals surface area contributed by atoms with Crippen LogP contribution in [0.25, 0.3) is 0 Å². The average Bonchev–Trinajstić information content (AvgIpc) is 2.69. The Morgan fingerprint density at radius 3 is 2.67 bits per heavy atom. The first kappa shape index (κ1) is 11.8. The molecule has 0 saturated heterocycles. The van der Waals surface area contributed by atoms with Crippen molar-refractivity contribution in [2.45, 2.75) is 39.2 Å². The highest BCUT2D eigenvalue weighted by molar-refractivity contribution is 6.30. The van der Waals surface area contributed by atoms with Gasteiger partial charge in [-0.15, -0.1) is 0 Å². The van der Waals surface area contributed by atoms with Gasteiger partial charge in [-0.3, -0.25) is 0 Å². The number of nitrogens with zero attached hydrogens (tertiary/aromatic N) is 2. The second kappa shape index (κ2) is 4.77. The van der Waals surface area contributed by atoms with Crippen LogP contribution in [0.3, 0.4) is 0 Å². The Kier molecular flexibility index (Phi) is 3.13. The maximum Gasteiger partial charge on any atom is 0.106 e. The Morgan fingerprint density at radius 1 is 1.17 bits per heavy atom. The van der Waals surface area contributed by atoms with Gasteiger partial charge in [0.25, 0.3) is 0 Å². The first-order chi connectivity index (χ1) is 8.74. The van der Waals surface area contributed by atoms with Gasteiger partial charge in [0, 0.05) is 17.3 Å². The minimum absolute atomic E-state index is 0.795. The Bertz CT molecular complexity index is 555. The molecule has 1 heterocycles. The summed E-state index contributed by atoms with van der Waals surface area (Å²) in [6, 6.07) is 8.10. The van der Waals surface area contributed by atoms with Crippen LogP contribution in [0, 0.1) is 6.92 Å². The third-order valence-electron chi connectivity index (χ3n) is 3.68. The minimum atomic E-state index is 0.795. The number of imidazole rings is 1. The quantitative estimate of drug-likeness (QED) is 0.804. The number of aryl methyl sites for hydroxylation is 2. The number of hydrogen-bond acceptors (Lipinski definition) is 1. The van der Waals surface area contributed by atoms with E-state index >= 15 is 0 Å². The van der Waals surface area contributed by atoms with Gasteiger partial charge in [-0.1, -0.05) is 23.7 Å². The summed E-state index contributed by atoms with van der Waals surface area (Å²) in [7, 11) is 0. The van der Waals surface area contributed by atoms with Crippen LogP contribution in [0.1, 0.15) is 35.6 Å². The van der Waals surface area contributed by atoms with Crippen molar-refractivity contribution in [1.29, 1.82) is 0 Å². The van der Waals surface area contributed by atoms with Gasteiger partial charge in [0.15, 0.2) is 0 Å². The van der Waals surface area contributed by atoms with E-state index in [2.05, 4.69) is 23.6 Å². The van der Waals surface area contributed by atoms with E-state index in [0.29, 0.717) is 0 Å². The molecule has 0 unspecified atom stereocenters. The highest BCUT2D eigenvalue weighted by atomic mass is 35.5. The van der Waals surface area contributed by atoms with Crippen molar-refractivity contribution in [2.24, 2.45) is 0 Å². The summed E-state index contributed by atoms with van der Waals surface area (Å²) in [5.41, 5.74) is 4.04. The van der Waals surface area contributed by atoms with E-state index in [-0.39, 0.29) is 0 Å². The molecule has 3 heteroatoms. The highest BCUT2D eigenvalue weighted by Crippen LogP contribution is 2.23. The normalized spacial score (nSPS) is 14.6. The van der Waals surface area contributed by atoms with Crippen LogP contribution in [0.4, 0.5) is 0 Å². The smallest absolute Gasteiger partial charge is 0.106 e. The predicted molar refractivity (Wildman–Crippen MR) is 74.2 cm³/mol. The second-order valence-electron chi connectivity index (χ2n) is 4.97. The van der Waals surface area contributed by atoms with Gasteiger partial charge in [0.1, 0.15) is 5.82 Å². The molecule has 1 aromatic heterocycles. The molecule has 0 amide bonds. The van der Waals surface area contributed by atoms with Crippen molar-refractivity contribution in [3.63, 3.8) is 0 Å². The molecule has 0 N–H and O–H groups in total. The molecule has 2 nitrogen and oxygen atoms in total. The molecule has 0 radical (unpaired) electrons. The van der Waals surface area contributed by atoms with Gasteiger partial charge in [0.2, 0.25) is 0 Å². The summed E-state index contributed by atoms with van der Waals surface area (Å²) in [6.07, 6.45) is 4.89. The van der Waals surface area contributed by atoms with Gasteiger partial charge in [-0.05, 0) is 50.3 Å². The molecule has 0 atom stereocenters. The number of rotatable bonds is 2. The number of halogens is 1. The van der Waals surface area contributed by atoms with Crippen LogP contribution < -0.4 is 0 Å². The third kappa shape index (κ3) is 2.17. The second-order valence-corrected chi connectivity index (χ2v) is 5.41. The van der Waals surface area contributed by atoms with Gasteiger partial charge < -0.3 is 4.57 Å². The largest absolute Gasteiger partial charge is 0.328 e. The molecule has 1 aliphatic carbocycles. The lowest BCUT2D eigenvalue weighted by Gasteiger charge is -2.15. The maximum atomic E-state index is 5.92. The van der Waals surface area contributed by atoms with Crippen molar-refractivity contribution in [3.05, 3.63) is 52.1 Å². The van der Waals surface area contributed by atoms with Crippen molar-refractivity contribution < 1.29 is 0 Å². The van der Waals surface area contributed by atoms with Crippen LogP contribution in [0.15, 0.2) is 24.3 Å². The molecule has 18 heavy (non-hydrogen) atoms. The zero-order chi connectivity index (χ0) is 12.5. The van der Waals surface area contributed by atoms with E-state index < -0.39 is 0 Å². The summed E-state index contributed by atoms with van der Waals surface area (Å²) < 4.78 is 2.36. The van der Waals surface area contributed by atoms with Gasteiger partial charge in [0.05, 0.1) is 5.69 Å². The van der Waals surface area contributed by atoms with E-state index in [9.17, 15) is 0 Å². The van der Waals surface area contributed by atoms with Gasteiger partial charge >= 0.3 is 0 Å². The van der Waals surface area contributed by atoms with Crippen LogP contribution in [0.5, 0.6) is 0 Å². The lowest BCUT2D eigenvalue weighted by Crippen LogP contribution is -2.10. The Hall–Kier alpha value is -1.28. The van der Waals surface area contributed by atoms with E-state index in [0.717, 1.165) is 23.8 Å². The first-order valence-corrected chi connectivity index (χ1v) is 6.91. The summed E-state index contributed by atoms with van der Waals surface area (Å²) in [5.74, 6) is 1.14. The van der Waals surface area contributed by atoms with Crippen LogP contribution in [0.2, 0.25) is 5.02 Å². The Morgan fingerprint density at radius 2 is 1.89 bits per heavy atom. The van der Waals surface area contributed by atoms with Crippen molar-refractivity contribution >= 4 is 11.6 Å². The predicted octanol–water partition coefficient (Wildman–Crippen LogP) is 3.77. The zero-order valence-corrected chi connectivity index (χ0v) is 11.4. The summed E-state index contributed by atoms with van der Waals surface area (Å²) >= 11 is 5.92. The number of benzene rings is 1. The molecule has 0 fully saturated rings. The molecule has 94 valence electrons. The SMILES string of the molecule is Cc1nc2c(n1Cc1ccc(Cl)cc1)CCCC2. The molecule has 3 rings (SSSR count). The number of hydrogen-bond donors (Lipinski definition) is 0. The van der Waals surface area contributed by atoms with E-state index in [1.807, 2.05) is 12.1 Å². The number of fused-ring (bicyclic) bond motifs is 1. The molecular weight excluding hydrogens is 244 g/mol. The Labute approximate surface area is 113 Å². The van der Waals surface area contributed by atoms with Crippen LogP contribution in [-0.2, 0) is 19.4 Å². The van der Waals surface area contributed by atoms with E-state index in [1.165, 1.54) is 36.2 Å². The average molecular weight is 261 g/mol. The van der Waals surface area contributed by atoms with Crippen molar-refractivity contribution in [1.82, 2.24) is 9.55 Å². The highest BCUT2D eigenvalue weighted by Gasteiger charge is 2.17. The summed E-state index contributed by atoms with van der Waals surface area (Å²) in [6.45, 7) is 3.01. The zero-order valence-electron chi connectivity index (χ0n) is 10.6. The Balaban J connectivity index is 1.92. The van der Waals surface area contributed by atoms with E-state index in [1.54, 1.807) is 0 Å². The molecule has 0 saturated carbocycles. The van der Waals surface area contributed by atoms with E-state index in [4.69, 9.17) is 16.6 Å². The maximum absolute atomic E-state index is 5.92. The monoisotopic (exact) mass is 260 g/mol. The lowest BCUT2D eigenvalue weighted by atomic mass is 10.0. The van der Waals surface area contributed by atoms with Gasteiger partial charge in [-0.2, -0.15) is 0 Å². The van der Waals surface area contributed by atoms with Crippen molar-refractivity contribution in [2.75, 3.05) is 0 Å². The summed E-state index contributed by atoms with van der Waals surface area (Å²) in [4.78, 5) is 4.70. The fraction of sp³-hybridized carbons (Fsp3) is 0.400. The topological polar surface area (TPSA) is 17.8 Å². The minimum Gasteiger partial charge on any atom is -0.328 e. The standard InChI is InChI=1S/C15H17ClN2/c1-11-17-14-4-2-3-5-15(14)18(11)10-12-6-8-13(16)9-7-12/h6-9H,2-5,10H2,1H3. The molecule has 1 aliphatic rings. The molecular formula is C15H17ClN2. The molecule has 2 aromatic rings. The molecule has 0 bridgehead atoms. The third-order valence-corrected chi connectivity index (χ3v) is 3.93. The van der Waals surface area contributed by atoms with Crippen LogP contribution in [-0.4, -0.2) is 9.55 Å². The fourth-order valence-electron chi connectivity index (χ4n) is 2.72. The molecule has 1 aromatic carbocycles. The lowest BCUT2D eigenvalue weighted by molar-refractivity contribution is 0.624. The summed E-state index contributed by atoms with van der Waals surface area (Å²) in [5, 5.41) is 0.795. The first-order valence-electron chi connectivity index (χ1n) is 6.53. The number of aromatic nitrogens is 2. The van der Waals surface area contributed by atoms with Crippen molar-refractivity contribution in [3.8, 4) is 0 Å².